The molecule has 4 amide bonds. The second-order valence-electron chi connectivity index (χ2n) is 9.35. The maximum absolute atomic E-state index is 13.1. The molecule has 1 rings (SSSR count). The number of esters is 1. The van der Waals surface area contributed by atoms with E-state index >= 15 is 0 Å². The molecule has 12 nitrogen and oxygen atoms in total. The number of benzene rings is 1. The Hall–Kier alpha value is -3.93. The summed E-state index contributed by atoms with van der Waals surface area (Å²) < 4.78 is 10.0. The van der Waals surface area contributed by atoms with Crippen molar-refractivity contribution in [3.05, 3.63) is 48.0 Å². The zero-order chi connectivity index (χ0) is 29.4. The molecule has 1 aromatic rings. The molecule has 4 atom stereocenters. The van der Waals surface area contributed by atoms with E-state index in [4.69, 9.17) is 15.2 Å². The van der Waals surface area contributed by atoms with Crippen LogP contribution in [-0.2, 0) is 35.3 Å². The third-order valence-corrected chi connectivity index (χ3v) is 5.37. The van der Waals surface area contributed by atoms with E-state index in [0.717, 1.165) is 11.6 Å². The second-order valence-corrected chi connectivity index (χ2v) is 9.35. The molecule has 6 N–H and O–H groups in total. The number of ether oxygens (including phenoxy) is 2. The van der Waals surface area contributed by atoms with Crippen molar-refractivity contribution in [3.8, 4) is 0 Å². The van der Waals surface area contributed by atoms with Crippen LogP contribution < -0.4 is 21.7 Å². The van der Waals surface area contributed by atoms with Gasteiger partial charge in [-0.1, -0.05) is 50.3 Å². The fourth-order valence-electron chi connectivity index (χ4n) is 3.44. The maximum atomic E-state index is 13.1. The molecule has 0 bridgehead atoms. The van der Waals surface area contributed by atoms with Crippen LogP contribution in [0.1, 0.15) is 52.5 Å². The number of hydrogen-bond acceptors (Lipinski definition) is 8. The number of hydrogen-bond donors (Lipinski definition) is 5. The summed E-state index contributed by atoms with van der Waals surface area (Å²) in [5, 5.41) is 17.8. The number of carbonyl (C=O) groups is 5. The zero-order valence-corrected chi connectivity index (χ0v) is 22.8. The third-order valence-electron chi connectivity index (χ3n) is 5.37. The average molecular weight is 549 g/mol. The van der Waals surface area contributed by atoms with E-state index in [9.17, 15) is 29.1 Å². The van der Waals surface area contributed by atoms with Crippen LogP contribution in [0, 0.1) is 5.92 Å². The first-order chi connectivity index (χ1) is 18.4. The summed E-state index contributed by atoms with van der Waals surface area (Å²) in [6, 6.07) is 5.75. The minimum absolute atomic E-state index is 0.000180. The van der Waals surface area contributed by atoms with Gasteiger partial charge in [0.05, 0.1) is 12.7 Å². The first kappa shape index (κ1) is 33.1. The molecule has 216 valence electrons. The summed E-state index contributed by atoms with van der Waals surface area (Å²) in [6.45, 7) is 6.83. The summed E-state index contributed by atoms with van der Waals surface area (Å²) in [4.78, 5) is 61.4. The molecule has 12 heteroatoms. The Morgan fingerprint density at radius 1 is 0.974 bits per heavy atom. The SMILES string of the molecule is CCOC(=O)/C=C/[C@H](CCC(N)=O)NC(=O)[C@@H](NC(=O)[C@H](CC(C)C)NC(=O)OCc1ccccc1)[C@@H](C)O. The van der Waals surface area contributed by atoms with Crippen molar-refractivity contribution in [2.45, 2.75) is 77.8 Å². The maximum Gasteiger partial charge on any atom is 0.408 e. The standard InChI is InChI=1S/C27H40N4O8/c1-5-38-23(34)14-12-20(11-13-22(28)33)29-26(36)24(18(4)32)31-25(35)21(15-17(2)3)30-27(37)39-16-19-9-7-6-8-10-19/h6-10,12,14,17-18,20-21,24,32H,5,11,13,15-16H2,1-4H3,(H2,28,33)(H,29,36)(H,30,37)(H,31,35)/b14-12+/t18-,20+,21+,24+/m1/s1. The molecule has 0 fully saturated rings. The fourth-order valence-corrected chi connectivity index (χ4v) is 3.44. The van der Waals surface area contributed by atoms with E-state index < -0.39 is 54.0 Å². The number of nitrogens with two attached hydrogens (primary N) is 1. The van der Waals surface area contributed by atoms with Crippen LogP contribution in [-0.4, -0.2) is 65.7 Å². The van der Waals surface area contributed by atoms with E-state index in [0.29, 0.717) is 0 Å². The minimum atomic E-state index is -1.40. The Labute approximate surface area is 228 Å². The number of aliphatic hydroxyl groups is 1. The van der Waals surface area contributed by atoms with Crippen molar-refractivity contribution in [1.29, 1.82) is 0 Å². The summed E-state index contributed by atoms with van der Waals surface area (Å²) >= 11 is 0. The molecule has 0 aliphatic rings. The quantitative estimate of drug-likeness (QED) is 0.150. The highest BCUT2D eigenvalue weighted by Crippen LogP contribution is 2.08. The lowest BCUT2D eigenvalue weighted by atomic mass is 10.0. The highest BCUT2D eigenvalue weighted by molar-refractivity contribution is 5.92. The molecule has 0 saturated carbocycles. The third kappa shape index (κ3) is 14.0. The van der Waals surface area contributed by atoms with E-state index in [-0.39, 0.29) is 38.4 Å². The molecular formula is C27H40N4O8. The smallest absolute Gasteiger partial charge is 0.408 e. The highest BCUT2D eigenvalue weighted by Gasteiger charge is 2.31. The number of aliphatic hydroxyl groups excluding tert-OH is 1. The molecule has 0 unspecified atom stereocenters. The van der Waals surface area contributed by atoms with Gasteiger partial charge < -0.3 is 36.3 Å². The van der Waals surface area contributed by atoms with E-state index in [1.165, 1.54) is 13.0 Å². The molecular weight excluding hydrogens is 508 g/mol. The van der Waals surface area contributed by atoms with Gasteiger partial charge in [0.15, 0.2) is 0 Å². The van der Waals surface area contributed by atoms with Gasteiger partial charge in [-0.15, -0.1) is 0 Å². The zero-order valence-electron chi connectivity index (χ0n) is 22.8. The molecule has 0 aromatic heterocycles. The summed E-state index contributed by atoms with van der Waals surface area (Å²) in [6.07, 6.45) is 0.542. The first-order valence-electron chi connectivity index (χ1n) is 12.8. The van der Waals surface area contributed by atoms with Gasteiger partial charge in [0.25, 0.3) is 0 Å². The Kier molecular flexibility index (Phi) is 14.9. The van der Waals surface area contributed by atoms with Crippen LogP contribution >= 0.6 is 0 Å². The normalized spacial score (nSPS) is 14.1. The molecule has 0 aliphatic heterocycles. The van der Waals surface area contributed by atoms with Gasteiger partial charge in [-0.2, -0.15) is 0 Å². The topological polar surface area (TPSA) is 186 Å². The van der Waals surface area contributed by atoms with E-state index in [1.54, 1.807) is 31.2 Å². The molecule has 1 aromatic carbocycles. The number of carbonyl (C=O) groups excluding carboxylic acids is 5. The summed E-state index contributed by atoms with van der Waals surface area (Å²) in [7, 11) is 0. The average Bonchev–Trinajstić information content (AvgIpc) is 2.87. The first-order valence-corrected chi connectivity index (χ1v) is 12.8. The largest absolute Gasteiger partial charge is 0.463 e. The predicted molar refractivity (Wildman–Crippen MR) is 143 cm³/mol. The van der Waals surface area contributed by atoms with Crippen molar-refractivity contribution in [3.63, 3.8) is 0 Å². The van der Waals surface area contributed by atoms with Crippen molar-refractivity contribution in [2.75, 3.05) is 6.61 Å². The van der Waals surface area contributed by atoms with Crippen molar-refractivity contribution in [2.24, 2.45) is 11.7 Å². The lowest BCUT2D eigenvalue weighted by Gasteiger charge is -2.26. The van der Waals surface area contributed by atoms with Gasteiger partial charge in [-0.3, -0.25) is 14.4 Å². The lowest BCUT2D eigenvalue weighted by molar-refractivity contribution is -0.137. The van der Waals surface area contributed by atoms with Crippen LogP contribution in [0.2, 0.25) is 0 Å². The molecule has 0 spiro atoms. The summed E-state index contributed by atoms with van der Waals surface area (Å²) in [5.74, 6) is -2.72. The van der Waals surface area contributed by atoms with Crippen LogP contribution in [0.15, 0.2) is 42.5 Å². The molecule has 0 saturated heterocycles. The number of alkyl carbamates (subject to hydrolysis) is 1. The van der Waals surface area contributed by atoms with Crippen molar-refractivity contribution in [1.82, 2.24) is 16.0 Å². The summed E-state index contributed by atoms with van der Waals surface area (Å²) in [5.41, 5.74) is 5.98. The van der Waals surface area contributed by atoms with Crippen molar-refractivity contribution >= 4 is 29.8 Å². The lowest BCUT2D eigenvalue weighted by Crippen LogP contribution is -2.58. The number of nitrogens with one attached hydrogen (secondary N) is 3. The number of rotatable bonds is 16. The molecule has 0 radical (unpaired) electrons. The van der Waals surface area contributed by atoms with Crippen molar-refractivity contribution < 1.29 is 38.6 Å². The van der Waals surface area contributed by atoms with Gasteiger partial charge in [0, 0.05) is 18.5 Å². The Bertz CT molecular complexity index is 981. The van der Waals surface area contributed by atoms with Crippen LogP contribution in [0.25, 0.3) is 0 Å². The van der Waals surface area contributed by atoms with Gasteiger partial charge in [-0.25, -0.2) is 9.59 Å². The molecule has 0 aliphatic carbocycles. The monoisotopic (exact) mass is 548 g/mol. The van der Waals surface area contributed by atoms with E-state index in [2.05, 4.69) is 16.0 Å². The predicted octanol–water partition coefficient (Wildman–Crippen LogP) is 1.06. The fraction of sp³-hybridized carbons (Fsp3) is 0.519. The van der Waals surface area contributed by atoms with Gasteiger partial charge >= 0.3 is 12.1 Å². The Morgan fingerprint density at radius 3 is 2.21 bits per heavy atom. The van der Waals surface area contributed by atoms with Crippen LogP contribution in [0.3, 0.4) is 0 Å². The highest BCUT2D eigenvalue weighted by atomic mass is 16.5. The van der Waals surface area contributed by atoms with Crippen LogP contribution in [0.4, 0.5) is 4.79 Å². The Morgan fingerprint density at radius 2 is 1.64 bits per heavy atom. The van der Waals surface area contributed by atoms with Gasteiger partial charge in [-0.05, 0) is 38.2 Å². The van der Waals surface area contributed by atoms with Gasteiger partial charge in [0.1, 0.15) is 18.7 Å². The van der Waals surface area contributed by atoms with Crippen LogP contribution in [0.5, 0.6) is 0 Å². The van der Waals surface area contributed by atoms with Gasteiger partial charge in [0.2, 0.25) is 17.7 Å². The number of primary amides is 1. The van der Waals surface area contributed by atoms with E-state index in [1.807, 2.05) is 19.9 Å². The Balaban J connectivity index is 2.92. The minimum Gasteiger partial charge on any atom is -0.463 e. The molecule has 0 heterocycles. The molecule has 39 heavy (non-hydrogen) atoms. The second kappa shape index (κ2) is 17.6. The number of amides is 4.